The fourth-order valence-electron chi connectivity index (χ4n) is 1.79. The molecule has 0 aliphatic rings. The van der Waals surface area contributed by atoms with E-state index < -0.39 is 29.1 Å². The Balaban J connectivity index is 2.92. The van der Waals surface area contributed by atoms with Crippen LogP contribution in [0.3, 0.4) is 0 Å². The van der Waals surface area contributed by atoms with Crippen LogP contribution in [0.4, 0.5) is 13.2 Å². The fraction of sp³-hybridized carbons (Fsp3) is 0.538. The number of nitrogens with one attached hydrogen (secondary N) is 1. The molecular formula is C13H19F3N2O. The van der Waals surface area contributed by atoms with Crippen LogP contribution >= 0.6 is 0 Å². The molecule has 1 unspecified atom stereocenters. The third-order valence-electron chi connectivity index (χ3n) is 3.18. The SMILES string of the molecule is COC(C)(C)CCC(NN)c1c(F)cc(F)cc1F. The van der Waals surface area contributed by atoms with Crippen molar-refractivity contribution in [3.8, 4) is 0 Å². The quantitative estimate of drug-likeness (QED) is 0.620. The van der Waals surface area contributed by atoms with Crippen LogP contribution in [0.2, 0.25) is 0 Å². The lowest BCUT2D eigenvalue weighted by atomic mass is 9.94. The first-order valence-electron chi connectivity index (χ1n) is 5.96. The molecule has 0 aliphatic carbocycles. The fourth-order valence-corrected chi connectivity index (χ4v) is 1.79. The molecule has 0 saturated carbocycles. The molecule has 0 fully saturated rings. The normalized spacial score (nSPS) is 13.6. The molecule has 0 aliphatic heterocycles. The van der Waals surface area contributed by atoms with Crippen molar-refractivity contribution in [2.45, 2.75) is 38.3 Å². The Hall–Kier alpha value is -1.11. The van der Waals surface area contributed by atoms with Crippen molar-refractivity contribution in [2.24, 2.45) is 5.84 Å². The van der Waals surface area contributed by atoms with Crippen molar-refractivity contribution in [1.82, 2.24) is 5.43 Å². The van der Waals surface area contributed by atoms with E-state index in [1.807, 2.05) is 13.8 Å². The van der Waals surface area contributed by atoms with E-state index in [0.717, 1.165) is 0 Å². The summed E-state index contributed by atoms with van der Waals surface area (Å²) in [5.74, 6) is 2.48. The summed E-state index contributed by atoms with van der Waals surface area (Å²) in [6, 6.07) is 0.545. The highest BCUT2D eigenvalue weighted by Crippen LogP contribution is 2.28. The van der Waals surface area contributed by atoms with Crippen LogP contribution in [-0.2, 0) is 4.74 Å². The Morgan fingerprint density at radius 3 is 2.21 bits per heavy atom. The molecule has 19 heavy (non-hydrogen) atoms. The van der Waals surface area contributed by atoms with Gasteiger partial charge in [0.05, 0.1) is 11.6 Å². The van der Waals surface area contributed by atoms with Crippen LogP contribution in [0.15, 0.2) is 12.1 Å². The van der Waals surface area contributed by atoms with E-state index in [1.54, 1.807) is 7.11 Å². The molecule has 0 amide bonds. The summed E-state index contributed by atoms with van der Waals surface area (Å²) in [7, 11) is 1.56. The van der Waals surface area contributed by atoms with Gasteiger partial charge in [-0.25, -0.2) is 13.2 Å². The monoisotopic (exact) mass is 276 g/mol. The minimum Gasteiger partial charge on any atom is -0.379 e. The molecular weight excluding hydrogens is 257 g/mol. The van der Waals surface area contributed by atoms with Crippen molar-refractivity contribution < 1.29 is 17.9 Å². The van der Waals surface area contributed by atoms with Gasteiger partial charge in [0, 0.05) is 24.8 Å². The largest absolute Gasteiger partial charge is 0.379 e. The second-order valence-electron chi connectivity index (χ2n) is 5.00. The third-order valence-corrected chi connectivity index (χ3v) is 3.18. The van der Waals surface area contributed by atoms with Crippen LogP contribution in [0.25, 0.3) is 0 Å². The Morgan fingerprint density at radius 1 is 1.26 bits per heavy atom. The number of ether oxygens (including phenoxy) is 1. The summed E-state index contributed by atoms with van der Waals surface area (Å²) in [6.45, 7) is 3.72. The molecule has 0 spiro atoms. The van der Waals surface area contributed by atoms with Gasteiger partial charge in [0.1, 0.15) is 17.5 Å². The Morgan fingerprint density at radius 2 is 1.79 bits per heavy atom. The van der Waals surface area contributed by atoms with Crippen molar-refractivity contribution in [1.29, 1.82) is 0 Å². The first-order chi connectivity index (χ1) is 8.80. The van der Waals surface area contributed by atoms with Gasteiger partial charge in [-0.15, -0.1) is 0 Å². The number of hydrazine groups is 1. The lowest BCUT2D eigenvalue weighted by Crippen LogP contribution is -2.32. The highest BCUT2D eigenvalue weighted by atomic mass is 19.1. The van der Waals surface area contributed by atoms with Crippen LogP contribution in [0, 0.1) is 17.5 Å². The average Bonchev–Trinajstić information content (AvgIpc) is 2.32. The van der Waals surface area contributed by atoms with Gasteiger partial charge in [-0.1, -0.05) is 0 Å². The summed E-state index contributed by atoms with van der Waals surface area (Å²) in [6.07, 6.45) is 0.894. The molecule has 3 N–H and O–H groups in total. The lowest BCUT2D eigenvalue weighted by molar-refractivity contribution is 0.0115. The first kappa shape index (κ1) is 15.9. The van der Waals surface area contributed by atoms with Gasteiger partial charge in [-0.05, 0) is 26.7 Å². The van der Waals surface area contributed by atoms with Crippen LogP contribution in [0.1, 0.15) is 38.3 Å². The molecule has 1 aromatic rings. The standard InChI is InChI=1S/C13H19F3N2O/c1-13(2,19-3)5-4-11(18-17)12-9(15)6-8(14)7-10(12)16/h6-7,11,18H,4-5,17H2,1-3H3. The molecule has 0 radical (unpaired) electrons. The molecule has 1 atom stereocenters. The predicted octanol–water partition coefficient (Wildman–Crippen LogP) is 2.81. The van der Waals surface area contributed by atoms with E-state index >= 15 is 0 Å². The second kappa shape index (κ2) is 6.36. The zero-order valence-corrected chi connectivity index (χ0v) is 11.3. The van der Waals surface area contributed by atoms with Gasteiger partial charge < -0.3 is 4.74 Å². The van der Waals surface area contributed by atoms with Gasteiger partial charge in [0.15, 0.2) is 0 Å². The van der Waals surface area contributed by atoms with Crippen molar-refractivity contribution >= 4 is 0 Å². The smallest absolute Gasteiger partial charge is 0.133 e. The Kier molecular flexibility index (Phi) is 5.34. The minimum atomic E-state index is -0.952. The maximum Gasteiger partial charge on any atom is 0.133 e. The number of halogens is 3. The summed E-state index contributed by atoms with van der Waals surface area (Å²) >= 11 is 0. The van der Waals surface area contributed by atoms with Gasteiger partial charge in [-0.2, -0.15) is 0 Å². The number of nitrogens with two attached hydrogens (primary N) is 1. The molecule has 0 aromatic heterocycles. The number of benzene rings is 1. The van der Waals surface area contributed by atoms with Gasteiger partial charge in [-0.3, -0.25) is 11.3 Å². The Bertz CT molecular complexity index is 415. The minimum absolute atomic E-state index is 0.254. The average molecular weight is 276 g/mol. The summed E-state index contributed by atoms with van der Waals surface area (Å²) in [5, 5.41) is 0. The van der Waals surface area contributed by atoms with Gasteiger partial charge in [0.25, 0.3) is 0 Å². The number of hydrogen-bond acceptors (Lipinski definition) is 3. The van der Waals surface area contributed by atoms with Crippen molar-refractivity contribution in [3.63, 3.8) is 0 Å². The molecule has 1 rings (SSSR count). The highest BCUT2D eigenvalue weighted by molar-refractivity contribution is 5.24. The number of hydrogen-bond donors (Lipinski definition) is 2. The second-order valence-corrected chi connectivity index (χ2v) is 5.00. The lowest BCUT2D eigenvalue weighted by Gasteiger charge is -2.26. The molecule has 3 nitrogen and oxygen atoms in total. The number of rotatable bonds is 6. The first-order valence-corrected chi connectivity index (χ1v) is 5.96. The number of methoxy groups -OCH3 is 1. The van der Waals surface area contributed by atoms with Gasteiger partial charge >= 0.3 is 0 Å². The van der Waals surface area contributed by atoms with Crippen molar-refractivity contribution in [3.05, 3.63) is 35.1 Å². The predicted molar refractivity (Wildman–Crippen MR) is 66.7 cm³/mol. The highest BCUT2D eigenvalue weighted by Gasteiger charge is 2.24. The maximum absolute atomic E-state index is 13.6. The van der Waals surface area contributed by atoms with E-state index in [9.17, 15) is 13.2 Å². The van der Waals surface area contributed by atoms with Crippen LogP contribution in [0.5, 0.6) is 0 Å². The molecule has 6 heteroatoms. The molecule has 0 bridgehead atoms. The van der Waals surface area contributed by atoms with E-state index in [0.29, 0.717) is 25.0 Å². The van der Waals surface area contributed by atoms with Crippen LogP contribution in [-0.4, -0.2) is 12.7 Å². The summed E-state index contributed by atoms with van der Waals surface area (Å²) in [5.41, 5.74) is 1.68. The Labute approximate surface area is 110 Å². The summed E-state index contributed by atoms with van der Waals surface area (Å²) < 4.78 is 45.4. The third kappa shape index (κ3) is 4.19. The zero-order valence-electron chi connectivity index (χ0n) is 11.3. The zero-order chi connectivity index (χ0) is 14.6. The van der Waals surface area contributed by atoms with Gasteiger partial charge in [0.2, 0.25) is 0 Å². The topological polar surface area (TPSA) is 47.3 Å². The summed E-state index contributed by atoms with van der Waals surface area (Å²) in [4.78, 5) is 0. The van der Waals surface area contributed by atoms with E-state index in [1.165, 1.54) is 0 Å². The van der Waals surface area contributed by atoms with E-state index in [4.69, 9.17) is 10.6 Å². The van der Waals surface area contributed by atoms with E-state index in [2.05, 4.69) is 5.43 Å². The molecule has 108 valence electrons. The van der Waals surface area contributed by atoms with E-state index in [-0.39, 0.29) is 5.56 Å². The molecule has 0 saturated heterocycles. The molecule has 1 aromatic carbocycles. The van der Waals surface area contributed by atoms with Crippen LogP contribution < -0.4 is 11.3 Å². The molecule has 0 heterocycles. The van der Waals surface area contributed by atoms with Crippen molar-refractivity contribution in [2.75, 3.05) is 7.11 Å². The maximum atomic E-state index is 13.6.